The number of likely N-dealkylation sites (tertiary alicyclic amines) is 1. The third kappa shape index (κ3) is 3.25. The van der Waals surface area contributed by atoms with Crippen LogP contribution >= 0.6 is 15.9 Å². The van der Waals surface area contributed by atoms with Crippen LogP contribution in [0, 0.1) is 0 Å². The average Bonchev–Trinajstić information content (AvgIpc) is 2.75. The van der Waals surface area contributed by atoms with E-state index in [4.69, 9.17) is 4.74 Å². The maximum atomic E-state index is 11.7. The van der Waals surface area contributed by atoms with Crippen LogP contribution in [-0.2, 0) is 4.74 Å². The fourth-order valence-corrected chi connectivity index (χ4v) is 2.41. The van der Waals surface area contributed by atoms with Gasteiger partial charge in [0.25, 0.3) is 0 Å². The lowest BCUT2D eigenvalue weighted by atomic mass is 10.1. The van der Waals surface area contributed by atoms with Crippen LogP contribution < -0.4 is 0 Å². The van der Waals surface area contributed by atoms with Gasteiger partial charge in [-0.3, -0.25) is 4.68 Å². The van der Waals surface area contributed by atoms with Gasteiger partial charge in [0.1, 0.15) is 0 Å². The van der Waals surface area contributed by atoms with Gasteiger partial charge in [-0.1, -0.05) is 0 Å². The Kier molecular flexibility index (Phi) is 4.27. The zero-order chi connectivity index (χ0) is 13.1. The molecule has 1 fully saturated rings. The number of nitrogens with zero attached hydrogens (tertiary/aromatic N) is 3. The van der Waals surface area contributed by atoms with Crippen LogP contribution in [-0.4, -0.2) is 40.0 Å². The van der Waals surface area contributed by atoms with Crippen molar-refractivity contribution in [2.75, 3.05) is 13.1 Å². The molecule has 0 radical (unpaired) electrons. The minimum Gasteiger partial charge on any atom is -0.447 e. The quantitative estimate of drug-likeness (QED) is 0.843. The molecule has 1 aromatic rings. The van der Waals surface area contributed by atoms with Crippen molar-refractivity contribution in [3.63, 3.8) is 0 Å². The minimum atomic E-state index is -0.204. The van der Waals surface area contributed by atoms with E-state index in [9.17, 15) is 4.79 Å². The molecule has 18 heavy (non-hydrogen) atoms. The Balaban J connectivity index is 1.86. The summed E-state index contributed by atoms with van der Waals surface area (Å²) in [4.78, 5) is 13.5. The highest BCUT2D eigenvalue weighted by Gasteiger charge is 2.25. The van der Waals surface area contributed by atoms with E-state index in [1.807, 2.05) is 24.7 Å². The van der Waals surface area contributed by atoms with Gasteiger partial charge in [-0.05, 0) is 42.6 Å². The van der Waals surface area contributed by atoms with E-state index in [2.05, 4.69) is 21.0 Å². The first-order valence-corrected chi connectivity index (χ1v) is 7.01. The van der Waals surface area contributed by atoms with E-state index in [-0.39, 0.29) is 12.2 Å². The van der Waals surface area contributed by atoms with Crippen molar-refractivity contribution in [2.45, 2.75) is 38.8 Å². The van der Waals surface area contributed by atoms with Gasteiger partial charge in [0.05, 0.1) is 22.8 Å². The first kappa shape index (κ1) is 13.4. The van der Waals surface area contributed by atoms with Crippen molar-refractivity contribution in [3.8, 4) is 0 Å². The second-order valence-electron chi connectivity index (χ2n) is 4.79. The molecule has 0 aromatic carbocycles. The van der Waals surface area contributed by atoms with Crippen LogP contribution in [0.2, 0.25) is 0 Å². The Bertz CT molecular complexity index is 411. The zero-order valence-electron chi connectivity index (χ0n) is 10.7. The lowest BCUT2D eigenvalue weighted by molar-refractivity contribution is 0.0653. The molecule has 100 valence electrons. The van der Waals surface area contributed by atoms with E-state index >= 15 is 0 Å². The molecule has 1 aliphatic rings. The predicted molar refractivity (Wildman–Crippen MR) is 71.4 cm³/mol. The van der Waals surface area contributed by atoms with Gasteiger partial charge in [0, 0.05) is 19.3 Å². The van der Waals surface area contributed by atoms with E-state index < -0.39 is 0 Å². The number of amides is 1. The van der Waals surface area contributed by atoms with E-state index in [0.29, 0.717) is 6.04 Å². The van der Waals surface area contributed by atoms with Gasteiger partial charge in [0.2, 0.25) is 0 Å². The molecule has 0 unspecified atom stereocenters. The molecule has 1 aromatic heterocycles. The van der Waals surface area contributed by atoms with Gasteiger partial charge in [-0.2, -0.15) is 5.10 Å². The summed E-state index contributed by atoms with van der Waals surface area (Å²) < 4.78 is 8.15. The molecule has 1 saturated heterocycles. The van der Waals surface area contributed by atoms with E-state index in [1.165, 1.54) is 0 Å². The number of hydrogen-bond donors (Lipinski definition) is 0. The molecule has 1 aliphatic heterocycles. The van der Waals surface area contributed by atoms with Crippen LogP contribution in [0.1, 0.15) is 32.7 Å². The number of hydrogen-bond acceptors (Lipinski definition) is 3. The normalized spacial score (nSPS) is 17.2. The van der Waals surface area contributed by atoms with E-state index in [1.54, 1.807) is 11.1 Å². The van der Waals surface area contributed by atoms with Crippen LogP contribution in [0.3, 0.4) is 0 Å². The van der Waals surface area contributed by atoms with Gasteiger partial charge < -0.3 is 9.64 Å². The van der Waals surface area contributed by atoms with Crippen molar-refractivity contribution in [2.24, 2.45) is 0 Å². The minimum absolute atomic E-state index is 0.0581. The van der Waals surface area contributed by atoms with Crippen molar-refractivity contribution in [3.05, 3.63) is 16.9 Å². The molecule has 1 amide bonds. The molecule has 5 nitrogen and oxygen atoms in total. The summed E-state index contributed by atoms with van der Waals surface area (Å²) >= 11 is 3.39. The van der Waals surface area contributed by atoms with Crippen LogP contribution in [0.4, 0.5) is 4.79 Å². The van der Waals surface area contributed by atoms with Crippen LogP contribution in [0.15, 0.2) is 16.9 Å². The fraction of sp³-hybridized carbons (Fsp3) is 0.667. The highest BCUT2D eigenvalue weighted by molar-refractivity contribution is 9.10. The van der Waals surface area contributed by atoms with Crippen molar-refractivity contribution < 1.29 is 9.53 Å². The summed E-state index contributed by atoms with van der Waals surface area (Å²) in [5.74, 6) is 0. The predicted octanol–water partition coefficient (Wildman–Crippen LogP) is 2.83. The number of carbonyl (C=O) groups is 1. The van der Waals surface area contributed by atoms with Gasteiger partial charge >= 0.3 is 6.09 Å². The Labute approximate surface area is 115 Å². The largest absolute Gasteiger partial charge is 0.447 e. The smallest absolute Gasteiger partial charge is 0.410 e. The number of rotatable bonds is 2. The summed E-state index contributed by atoms with van der Waals surface area (Å²) in [7, 11) is 0. The van der Waals surface area contributed by atoms with E-state index in [0.717, 1.165) is 30.4 Å². The topological polar surface area (TPSA) is 47.4 Å². The third-order valence-electron chi connectivity index (χ3n) is 3.00. The number of aromatic nitrogens is 2. The first-order chi connectivity index (χ1) is 8.56. The summed E-state index contributed by atoms with van der Waals surface area (Å²) in [6, 6.07) is 0.374. The molecule has 0 bridgehead atoms. The molecule has 0 saturated carbocycles. The Hall–Kier alpha value is -1.04. The SMILES string of the molecule is CC(C)OC(=O)N1CCC(n2cc(Br)cn2)CC1. The second kappa shape index (κ2) is 5.73. The summed E-state index contributed by atoms with van der Waals surface area (Å²) in [6.45, 7) is 5.19. The fourth-order valence-electron chi connectivity index (χ4n) is 2.10. The maximum Gasteiger partial charge on any atom is 0.410 e. The molecule has 2 rings (SSSR count). The van der Waals surface area contributed by atoms with Crippen LogP contribution in [0.25, 0.3) is 0 Å². The molecule has 0 atom stereocenters. The van der Waals surface area contributed by atoms with Gasteiger partial charge in [-0.15, -0.1) is 0 Å². The average molecular weight is 316 g/mol. The number of carbonyl (C=O) groups excluding carboxylic acids is 1. The lowest BCUT2D eigenvalue weighted by Gasteiger charge is -2.31. The van der Waals surface area contributed by atoms with Crippen LogP contribution in [0.5, 0.6) is 0 Å². The molecule has 0 spiro atoms. The standard InChI is InChI=1S/C12H18BrN3O2/c1-9(2)18-12(17)15-5-3-11(4-6-15)16-8-10(13)7-14-16/h7-9,11H,3-6H2,1-2H3. The number of ether oxygens (including phenoxy) is 1. The molecule has 0 aliphatic carbocycles. The highest BCUT2D eigenvalue weighted by Crippen LogP contribution is 2.23. The zero-order valence-corrected chi connectivity index (χ0v) is 12.3. The third-order valence-corrected chi connectivity index (χ3v) is 3.41. The van der Waals surface area contributed by atoms with Gasteiger partial charge in [0.15, 0.2) is 0 Å². The lowest BCUT2D eigenvalue weighted by Crippen LogP contribution is -2.40. The van der Waals surface area contributed by atoms with Crippen molar-refractivity contribution in [1.82, 2.24) is 14.7 Å². The summed E-state index contributed by atoms with van der Waals surface area (Å²) in [6.07, 6.45) is 5.34. The second-order valence-corrected chi connectivity index (χ2v) is 5.70. The molecule has 2 heterocycles. The van der Waals surface area contributed by atoms with Crippen molar-refractivity contribution in [1.29, 1.82) is 0 Å². The monoisotopic (exact) mass is 315 g/mol. The molecular formula is C12H18BrN3O2. The number of halogens is 1. The first-order valence-electron chi connectivity index (χ1n) is 6.21. The number of piperidine rings is 1. The summed E-state index contributed by atoms with van der Waals surface area (Å²) in [5, 5.41) is 4.29. The maximum absolute atomic E-state index is 11.7. The Morgan fingerprint density at radius 2 is 2.17 bits per heavy atom. The van der Waals surface area contributed by atoms with Gasteiger partial charge in [-0.25, -0.2) is 4.79 Å². The molecule has 0 N–H and O–H groups in total. The highest BCUT2D eigenvalue weighted by atomic mass is 79.9. The Morgan fingerprint density at radius 3 is 2.67 bits per heavy atom. The Morgan fingerprint density at radius 1 is 1.50 bits per heavy atom. The molecular weight excluding hydrogens is 298 g/mol. The summed E-state index contributed by atoms with van der Waals surface area (Å²) in [5.41, 5.74) is 0. The molecule has 6 heteroatoms. The van der Waals surface area contributed by atoms with Crippen molar-refractivity contribution >= 4 is 22.0 Å².